The number of benzene rings is 2. The van der Waals surface area contributed by atoms with Crippen LogP contribution < -0.4 is 4.74 Å². The van der Waals surface area contributed by atoms with Gasteiger partial charge in [0.2, 0.25) is 0 Å². The Morgan fingerprint density at radius 3 is 2.65 bits per heavy atom. The van der Waals surface area contributed by atoms with E-state index in [-0.39, 0.29) is 12.3 Å². The molecule has 0 radical (unpaired) electrons. The van der Waals surface area contributed by atoms with Crippen molar-refractivity contribution in [2.75, 3.05) is 20.3 Å². The molecule has 2 aromatic carbocycles. The third-order valence-electron chi connectivity index (χ3n) is 3.53. The summed E-state index contributed by atoms with van der Waals surface area (Å²) in [6, 6.07) is 14.2. The van der Waals surface area contributed by atoms with Crippen molar-refractivity contribution >= 4 is 5.69 Å². The molecular formula is C17H20N2O4. The Kier molecular flexibility index (Phi) is 6.08. The minimum atomic E-state index is -0.403. The molecule has 0 aromatic heterocycles. The molecule has 0 saturated heterocycles. The van der Waals surface area contributed by atoms with Gasteiger partial charge in [-0.15, -0.1) is 0 Å². The van der Waals surface area contributed by atoms with Gasteiger partial charge in [0.15, 0.2) is 0 Å². The second-order valence-corrected chi connectivity index (χ2v) is 5.17. The molecule has 2 rings (SSSR count). The average molecular weight is 316 g/mol. The topological polar surface area (TPSA) is 75.8 Å². The highest BCUT2D eigenvalue weighted by Gasteiger charge is 2.12. The van der Waals surface area contributed by atoms with Crippen molar-refractivity contribution in [2.24, 2.45) is 0 Å². The van der Waals surface area contributed by atoms with E-state index in [4.69, 9.17) is 4.74 Å². The number of hydrogen-bond acceptors (Lipinski definition) is 5. The number of nitrogens with zero attached hydrogens (tertiary/aromatic N) is 2. The lowest BCUT2D eigenvalue weighted by Crippen LogP contribution is -2.26. The molecule has 0 aliphatic rings. The van der Waals surface area contributed by atoms with Crippen LogP contribution in [0.25, 0.3) is 0 Å². The molecule has 0 aliphatic heterocycles. The van der Waals surface area contributed by atoms with Gasteiger partial charge < -0.3 is 9.84 Å². The number of ether oxygens (including phenoxy) is 1. The molecule has 0 spiro atoms. The fourth-order valence-corrected chi connectivity index (χ4v) is 2.46. The summed E-state index contributed by atoms with van der Waals surface area (Å²) < 4.78 is 5.35. The van der Waals surface area contributed by atoms with Gasteiger partial charge in [0.25, 0.3) is 5.69 Å². The van der Waals surface area contributed by atoms with Gasteiger partial charge in [-0.2, -0.15) is 0 Å². The number of nitro groups is 1. The summed E-state index contributed by atoms with van der Waals surface area (Å²) in [6.45, 7) is 1.60. The van der Waals surface area contributed by atoms with Crippen LogP contribution in [0.3, 0.4) is 0 Å². The Hall–Kier alpha value is -2.44. The maximum absolute atomic E-state index is 10.9. The Bertz CT molecular complexity index is 661. The first kappa shape index (κ1) is 16.9. The van der Waals surface area contributed by atoms with Crippen molar-refractivity contribution in [3.8, 4) is 5.75 Å². The molecular weight excluding hydrogens is 296 g/mol. The normalized spacial score (nSPS) is 10.7. The summed E-state index contributed by atoms with van der Waals surface area (Å²) in [5, 5.41) is 20.2. The third-order valence-corrected chi connectivity index (χ3v) is 3.53. The number of para-hydroxylation sites is 1. The summed E-state index contributed by atoms with van der Waals surface area (Å²) >= 11 is 0. The zero-order chi connectivity index (χ0) is 16.7. The lowest BCUT2D eigenvalue weighted by Gasteiger charge is -2.22. The molecule has 6 heteroatoms. The maximum Gasteiger partial charge on any atom is 0.269 e. The number of non-ortho nitro benzene ring substituents is 1. The highest BCUT2D eigenvalue weighted by Crippen LogP contribution is 2.21. The van der Waals surface area contributed by atoms with Gasteiger partial charge in [-0.1, -0.05) is 30.3 Å². The number of nitro benzene ring substituents is 1. The van der Waals surface area contributed by atoms with Crippen LogP contribution in [0.1, 0.15) is 11.1 Å². The number of aliphatic hydroxyl groups excluding tert-OH is 1. The molecule has 0 bridgehead atoms. The van der Waals surface area contributed by atoms with Crippen LogP contribution in [0.5, 0.6) is 5.75 Å². The van der Waals surface area contributed by atoms with Crippen molar-refractivity contribution in [3.05, 3.63) is 69.8 Å². The van der Waals surface area contributed by atoms with Gasteiger partial charge >= 0.3 is 0 Å². The summed E-state index contributed by atoms with van der Waals surface area (Å²) in [5.41, 5.74) is 1.92. The van der Waals surface area contributed by atoms with Crippen molar-refractivity contribution in [1.29, 1.82) is 0 Å². The SMILES string of the molecule is COc1ccccc1CN(CCO)Cc1cccc([N+](=O)[O-])c1. The highest BCUT2D eigenvalue weighted by molar-refractivity contribution is 5.35. The molecule has 0 heterocycles. The minimum absolute atomic E-state index is 0.0179. The van der Waals surface area contributed by atoms with Crippen LogP contribution in [-0.4, -0.2) is 35.2 Å². The van der Waals surface area contributed by atoms with E-state index in [0.717, 1.165) is 16.9 Å². The molecule has 0 saturated carbocycles. The number of rotatable bonds is 8. The van der Waals surface area contributed by atoms with Crippen LogP contribution >= 0.6 is 0 Å². The Morgan fingerprint density at radius 1 is 1.17 bits per heavy atom. The van der Waals surface area contributed by atoms with Crippen LogP contribution in [0, 0.1) is 10.1 Å². The number of methoxy groups -OCH3 is 1. The maximum atomic E-state index is 10.9. The Balaban J connectivity index is 2.15. The van der Waals surface area contributed by atoms with E-state index in [1.54, 1.807) is 19.2 Å². The van der Waals surface area contributed by atoms with Crippen molar-refractivity contribution in [2.45, 2.75) is 13.1 Å². The second kappa shape index (κ2) is 8.26. The molecule has 122 valence electrons. The number of aliphatic hydroxyl groups is 1. The first-order chi connectivity index (χ1) is 11.1. The van der Waals surface area contributed by atoms with Crippen molar-refractivity contribution in [1.82, 2.24) is 4.90 Å². The third kappa shape index (κ3) is 4.77. The Morgan fingerprint density at radius 2 is 1.96 bits per heavy atom. The Labute approximate surface area is 135 Å². The number of hydrogen-bond donors (Lipinski definition) is 1. The average Bonchev–Trinajstić information content (AvgIpc) is 2.56. The van der Waals surface area contributed by atoms with E-state index in [9.17, 15) is 15.2 Å². The summed E-state index contributed by atoms with van der Waals surface area (Å²) in [5.74, 6) is 0.787. The molecule has 0 atom stereocenters. The largest absolute Gasteiger partial charge is 0.496 e. The van der Waals surface area contributed by atoms with Gasteiger partial charge in [0.1, 0.15) is 5.75 Å². The zero-order valence-corrected chi connectivity index (χ0v) is 13.0. The molecule has 2 aromatic rings. The van der Waals surface area contributed by atoms with E-state index < -0.39 is 4.92 Å². The van der Waals surface area contributed by atoms with Gasteiger partial charge in [0.05, 0.1) is 18.6 Å². The molecule has 0 amide bonds. The van der Waals surface area contributed by atoms with Crippen LogP contribution in [0.2, 0.25) is 0 Å². The van der Waals surface area contributed by atoms with E-state index in [1.807, 2.05) is 35.2 Å². The van der Waals surface area contributed by atoms with Crippen LogP contribution in [0.4, 0.5) is 5.69 Å². The van der Waals surface area contributed by atoms with E-state index in [1.165, 1.54) is 6.07 Å². The summed E-state index contributed by atoms with van der Waals surface area (Å²) in [7, 11) is 1.62. The van der Waals surface area contributed by atoms with Crippen LogP contribution in [-0.2, 0) is 13.1 Å². The highest BCUT2D eigenvalue weighted by atomic mass is 16.6. The van der Waals surface area contributed by atoms with Gasteiger partial charge in [0, 0.05) is 37.3 Å². The first-order valence-electron chi connectivity index (χ1n) is 7.32. The summed E-state index contributed by atoms with van der Waals surface area (Å²) in [4.78, 5) is 12.5. The fourth-order valence-electron chi connectivity index (χ4n) is 2.46. The monoisotopic (exact) mass is 316 g/mol. The second-order valence-electron chi connectivity index (χ2n) is 5.17. The minimum Gasteiger partial charge on any atom is -0.496 e. The van der Waals surface area contributed by atoms with Crippen molar-refractivity contribution < 1.29 is 14.8 Å². The molecule has 0 aliphatic carbocycles. The molecule has 0 fully saturated rings. The molecule has 23 heavy (non-hydrogen) atoms. The molecule has 1 N–H and O–H groups in total. The predicted octanol–water partition coefficient (Wildman–Crippen LogP) is 2.60. The zero-order valence-electron chi connectivity index (χ0n) is 13.0. The lowest BCUT2D eigenvalue weighted by atomic mass is 10.1. The van der Waals surface area contributed by atoms with E-state index in [2.05, 4.69) is 0 Å². The molecule has 0 unspecified atom stereocenters. The van der Waals surface area contributed by atoms with E-state index >= 15 is 0 Å². The quantitative estimate of drug-likeness (QED) is 0.598. The van der Waals surface area contributed by atoms with Gasteiger partial charge in [-0.05, 0) is 11.6 Å². The fraction of sp³-hybridized carbons (Fsp3) is 0.294. The summed E-state index contributed by atoms with van der Waals surface area (Å²) in [6.07, 6.45) is 0. The smallest absolute Gasteiger partial charge is 0.269 e. The lowest BCUT2D eigenvalue weighted by molar-refractivity contribution is -0.384. The van der Waals surface area contributed by atoms with Gasteiger partial charge in [-0.3, -0.25) is 15.0 Å². The molecule has 6 nitrogen and oxygen atoms in total. The first-order valence-corrected chi connectivity index (χ1v) is 7.32. The van der Waals surface area contributed by atoms with Crippen molar-refractivity contribution in [3.63, 3.8) is 0 Å². The van der Waals surface area contributed by atoms with E-state index in [0.29, 0.717) is 19.6 Å². The van der Waals surface area contributed by atoms with Crippen LogP contribution in [0.15, 0.2) is 48.5 Å². The van der Waals surface area contributed by atoms with Gasteiger partial charge in [-0.25, -0.2) is 0 Å². The predicted molar refractivity (Wildman–Crippen MR) is 87.3 cm³/mol. The standard InChI is InChI=1S/C17H20N2O4/c1-23-17-8-3-2-6-15(17)13-18(9-10-20)12-14-5-4-7-16(11-14)19(21)22/h2-8,11,20H,9-10,12-13H2,1H3.